The summed E-state index contributed by atoms with van der Waals surface area (Å²) >= 11 is 0. The van der Waals surface area contributed by atoms with Gasteiger partial charge < -0.3 is 20.9 Å². The third-order valence-electron chi connectivity index (χ3n) is 4.47. The maximum atomic E-state index is 13.1. The molecule has 0 aliphatic carbocycles. The van der Waals surface area contributed by atoms with Crippen LogP contribution in [0, 0.1) is 5.92 Å². The molecule has 2 aromatic carbocycles. The zero-order valence-electron chi connectivity index (χ0n) is 15.9. The molecule has 0 spiro atoms. The van der Waals surface area contributed by atoms with E-state index in [9.17, 15) is 14.4 Å². The number of nitrogens with one attached hydrogen (secondary N) is 3. The zero-order chi connectivity index (χ0) is 20.1. The van der Waals surface area contributed by atoms with Gasteiger partial charge in [0.15, 0.2) is 6.04 Å². The first-order valence-electron chi connectivity index (χ1n) is 9.29. The summed E-state index contributed by atoms with van der Waals surface area (Å²) in [6, 6.07) is 14.0. The van der Waals surface area contributed by atoms with Crippen LogP contribution in [0.15, 0.2) is 54.6 Å². The van der Waals surface area contributed by atoms with Crippen molar-refractivity contribution in [2.24, 2.45) is 5.92 Å². The Morgan fingerprint density at radius 3 is 2.46 bits per heavy atom. The van der Waals surface area contributed by atoms with Gasteiger partial charge in [-0.05, 0) is 36.6 Å². The SMILES string of the molecule is CC(C)CCN1C(=O)C(NC(=O)Nc2ccccc2)C(=O)Nc2ccccc21. The first kappa shape index (κ1) is 19.4. The van der Waals surface area contributed by atoms with Gasteiger partial charge in [-0.1, -0.05) is 44.2 Å². The number of para-hydroxylation sites is 3. The fraction of sp³-hybridized carbons (Fsp3) is 0.286. The third kappa shape index (κ3) is 4.49. The summed E-state index contributed by atoms with van der Waals surface area (Å²) in [6.07, 6.45) is 0.775. The Labute approximate surface area is 164 Å². The van der Waals surface area contributed by atoms with E-state index >= 15 is 0 Å². The van der Waals surface area contributed by atoms with Crippen molar-refractivity contribution in [1.82, 2.24) is 5.32 Å². The number of hydrogen-bond donors (Lipinski definition) is 3. The fourth-order valence-electron chi connectivity index (χ4n) is 2.97. The smallest absolute Gasteiger partial charge is 0.320 e. The highest BCUT2D eigenvalue weighted by Crippen LogP contribution is 2.29. The van der Waals surface area contributed by atoms with Crippen LogP contribution in [-0.4, -0.2) is 30.4 Å². The number of amides is 4. The van der Waals surface area contributed by atoms with Crippen molar-refractivity contribution in [2.45, 2.75) is 26.3 Å². The van der Waals surface area contributed by atoms with Crippen molar-refractivity contribution in [3.05, 3.63) is 54.6 Å². The minimum atomic E-state index is -1.32. The van der Waals surface area contributed by atoms with Gasteiger partial charge in [-0.25, -0.2) is 4.79 Å². The van der Waals surface area contributed by atoms with Gasteiger partial charge in [0.05, 0.1) is 11.4 Å². The van der Waals surface area contributed by atoms with Crippen molar-refractivity contribution >= 4 is 34.9 Å². The van der Waals surface area contributed by atoms with Gasteiger partial charge in [0, 0.05) is 12.2 Å². The highest BCUT2D eigenvalue weighted by Gasteiger charge is 2.37. The second kappa shape index (κ2) is 8.56. The molecule has 1 aliphatic heterocycles. The molecule has 2 aromatic rings. The molecule has 1 aliphatic rings. The molecule has 146 valence electrons. The predicted molar refractivity (Wildman–Crippen MR) is 109 cm³/mol. The van der Waals surface area contributed by atoms with E-state index in [-0.39, 0.29) is 0 Å². The molecule has 0 saturated heterocycles. The highest BCUT2D eigenvalue weighted by atomic mass is 16.2. The molecule has 0 fully saturated rings. The third-order valence-corrected chi connectivity index (χ3v) is 4.47. The first-order valence-corrected chi connectivity index (χ1v) is 9.29. The van der Waals surface area contributed by atoms with E-state index in [4.69, 9.17) is 0 Å². The normalized spacial score (nSPS) is 16.2. The van der Waals surface area contributed by atoms with Crippen molar-refractivity contribution in [3.63, 3.8) is 0 Å². The molecule has 0 aromatic heterocycles. The van der Waals surface area contributed by atoms with Crippen LogP contribution >= 0.6 is 0 Å². The summed E-state index contributed by atoms with van der Waals surface area (Å²) in [5, 5.41) is 7.89. The van der Waals surface area contributed by atoms with Gasteiger partial charge in [0.25, 0.3) is 11.8 Å². The largest absolute Gasteiger partial charge is 0.322 e. The van der Waals surface area contributed by atoms with Gasteiger partial charge in [-0.3, -0.25) is 9.59 Å². The molecule has 1 unspecified atom stereocenters. The van der Waals surface area contributed by atoms with Crippen molar-refractivity contribution < 1.29 is 14.4 Å². The lowest BCUT2D eigenvalue weighted by Gasteiger charge is -2.25. The number of carbonyl (C=O) groups excluding carboxylic acids is 3. The van der Waals surface area contributed by atoms with E-state index in [0.29, 0.717) is 29.5 Å². The second-order valence-electron chi connectivity index (χ2n) is 7.08. The van der Waals surface area contributed by atoms with E-state index in [1.54, 1.807) is 47.4 Å². The summed E-state index contributed by atoms with van der Waals surface area (Å²) in [6.45, 7) is 4.60. The Morgan fingerprint density at radius 2 is 1.75 bits per heavy atom. The molecule has 7 nitrogen and oxygen atoms in total. The van der Waals surface area contributed by atoms with Crippen LogP contribution in [0.4, 0.5) is 21.9 Å². The molecular formula is C21H24N4O3. The molecular weight excluding hydrogens is 356 g/mol. The fourth-order valence-corrected chi connectivity index (χ4v) is 2.97. The molecule has 0 saturated carbocycles. The van der Waals surface area contributed by atoms with E-state index in [1.165, 1.54) is 0 Å². The van der Waals surface area contributed by atoms with Gasteiger partial charge in [-0.2, -0.15) is 0 Å². The van der Waals surface area contributed by atoms with Crippen molar-refractivity contribution in [3.8, 4) is 0 Å². The number of urea groups is 1. The first-order chi connectivity index (χ1) is 13.5. The van der Waals surface area contributed by atoms with Crippen LogP contribution in [0.5, 0.6) is 0 Å². The monoisotopic (exact) mass is 380 g/mol. The topological polar surface area (TPSA) is 90.5 Å². The number of fused-ring (bicyclic) bond motifs is 1. The average Bonchev–Trinajstić information content (AvgIpc) is 2.76. The molecule has 7 heteroatoms. The second-order valence-corrected chi connectivity index (χ2v) is 7.08. The maximum absolute atomic E-state index is 13.1. The Bertz CT molecular complexity index is 867. The molecule has 1 heterocycles. The van der Waals surface area contributed by atoms with Gasteiger partial charge in [0.1, 0.15) is 0 Å². The Morgan fingerprint density at radius 1 is 1.07 bits per heavy atom. The highest BCUT2D eigenvalue weighted by molar-refractivity contribution is 6.20. The summed E-state index contributed by atoms with van der Waals surface area (Å²) in [7, 11) is 0. The quantitative estimate of drug-likeness (QED) is 0.696. The molecule has 3 N–H and O–H groups in total. The van der Waals surface area contributed by atoms with Crippen molar-refractivity contribution in [2.75, 3.05) is 22.1 Å². The summed E-state index contributed by atoms with van der Waals surface area (Å²) in [5.74, 6) is -0.626. The molecule has 3 rings (SSSR count). The predicted octanol–water partition coefficient (Wildman–Crippen LogP) is 3.21. The zero-order valence-corrected chi connectivity index (χ0v) is 15.9. The van der Waals surface area contributed by atoms with E-state index in [1.807, 2.05) is 12.1 Å². The molecule has 0 bridgehead atoms. The summed E-state index contributed by atoms with van der Waals surface area (Å²) < 4.78 is 0. The minimum absolute atomic E-state index is 0.389. The lowest BCUT2D eigenvalue weighted by atomic mass is 10.1. The number of nitrogens with zero attached hydrogens (tertiary/aromatic N) is 1. The van der Waals surface area contributed by atoms with Crippen LogP contribution < -0.4 is 20.9 Å². The standard InChI is InChI=1S/C21H24N4O3/c1-14(2)12-13-25-17-11-7-6-10-16(17)23-19(26)18(20(25)27)24-21(28)22-15-8-4-3-5-9-15/h3-11,14,18H,12-13H2,1-2H3,(H,23,26)(H2,22,24,28). The summed E-state index contributed by atoms with van der Waals surface area (Å²) in [5.41, 5.74) is 1.76. The van der Waals surface area contributed by atoms with Crippen LogP contribution in [0.25, 0.3) is 0 Å². The van der Waals surface area contributed by atoms with E-state index in [0.717, 1.165) is 6.42 Å². The number of hydrogen-bond acceptors (Lipinski definition) is 3. The Balaban J connectivity index is 1.82. The van der Waals surface area contributed by atoms with Crippen LogP contribution in [0.2, 0.25) is 0 Å². The Kier molecular flexibility index (Phi) is 5.93. The van der Waals surface area contributed by atoms with Gasteiger partial charge in [-0.15, -0.1) is 0 Å². The van der Waals surface area contributed by atoms with Crippen LogP contribution in [0.1, 0.15) is 20.3 Å². The Hall–Kier alpha value is -3.35. The van der Waals surface area contributed by atoms with Crippen LogP contribution in [-0.2, 0) is 9.59 Å². The molecule has 1 atom stereocenters. The number of carbonyl (C=O) groups is 3. The lowest BCUT2D eigenvalue weighted by Crippen LogP contribution is -2.54. The van der Waals surface area contributed by atoms with E-state index < -0.39 is 23.9 Å². The molecule has 0 radical (unpaired) electrons. The number of anilines is 3. The van der Waals surface area contributed by atoms with Gasteiger partial charge >= 0.3 is 6.03 Å². The van der Waals surface area contributed by atoms with E-state index in [2.05, 4.69) is 29.8 Å². The van der Waals surface area contributed by atoms with Gasteiger partial charge in [0.2, 0.25) is 0 Å². The average molecular weight is 380 g/mol. The number of benzene rings is 2. The maximum Gasteiger partial charge on any atom is 0.320 e. The number of rotatable bonds is 5. The minimum Gasteiger partial charge on any atom is -0.322 e. The van der Waals surface area contributed by atoms with Crippen LogP contribution in [0.3, 0.4) is 0 Å². The molecule has 4 amide bonds. The van der Waals surface area contributed by atoms with Crippen molar-refractivity contribution in [1.29, 1.82) is 0 Å². The summed E-state index contributed by atoms with van der Waals surface area (Å²) in [4.78, 5) is 39.7. The lowest BCUT2D eigenvalue weighted by molar-refractivity contribution is -0.127. The molecule has 28 heavy (non-hydrogen) atoms.